The average molecular weight is 655 g/mol. The van der Waals surface area contributed by atoms with Gasteiger partial charge in [-0.15, -0.1) is 10.2 Å². The number of aromatic hydroxyl groups is 1. The summed E-state index contributed by atoms with van der Waals surface area (Å²) in [5, 5.41) is 29.9. The zero-order valence-electron chi connectivity index (χ0n) is 26.8. The Morgan fingerprint density at radius 1 is 0.979 bits per heavy atom. The van der Waals surface area contributed by atoms with Crippen LogP contribution in [0.4, 0.5) is 16.6 Å². The number of carbonyl (C=O) groups excluding carboxylic acids is 1. The summed E-state index contributed by atoms with van der Waals surface area (Å²) >= 11 is 6.21. The van der Waals surface area contributed by atoms with Gasteiger partial charge < -0.3 is 20.1 Å². The molecular weight excluding hydrogens is 616 g/mol. The number of fused-ring (bicyclic) bond motifs is 2. The number of rotatable bonds is 6. The second-order valence-corrected chi connectivity index (χ2v) is 13.7. The first-order chi connectivity index (χ1) is 22.6. The fourth-order valence-corrected chi connectivity index (χ4v) is 6.57. The highest BCUT2D eigenvalue weighted by molar-refractivity contribution is 6.32. The highest BCUT2D eigenvalue weighted by atomic mass is 35.5. The van der Waals surface area contributed by atoms with Gasteiger partial charge >= 0.3 is 6.03 Å². The van der Waals surface area contributed by atoms with Crippen LogP contribution in [-0.4, -0.2) is 48.6 Å². The molecular formula is C35H39ClN8O3. The molecule has 2 aliphatic rings. The number of pyridine rings is 1. The second-order valence-electron chi connectivity index (χ2n) is 13.3. The van der Waals surface area contributed by atoms with Crippen molar-refractivity contribution in [3.8, 4) is 17.2 Å². The lowest BCUT2D eigenvalue weighted by Gasteiger charge is -2.32. The number of urea groups is 1. The summed E-state index contributed by atoms with van der Waals surface area (Å²) < 4.78 is 10.3. The normalized spacial score (nSPS) is 18.2. The van der Waals surface area contributed by atoms with E-state index in [0.29, 0.717) is 17.9 Å². The maximum Gasteiger partial charge on any atom is 0.320 e. The maximum atomic E-state index is 13.5. The van der Waals surface area contributed by atoms with Gasteiger partial charge in [-0.2, -0.15) is 5.10 Å². The summed E-state index contributed by atoms with van der Waals surface area (Å²) in [5.74, 6) is 2.07. The van der Waals surface area contributed by atoms with Crippen LogP contribution in [0, 0.1) is 0 Å². The van der Waals surface area contributed by atoms with Crippen LogP contribution in [0.3, 0.4) is 0 Å². The molecule has 5 aromatic rings. The lowest BCUT2D eigenvalue weighted by atomic mass is 9.85. The van der Waals surface area contributed by atoms with Crippen molar-refractivity contribution in [2.24, 2.45) is 0 Å². The predicted octanol–water partition coefficient (Wildman–Crippen LogP) is 7.34. The van der Waals surface area contributed by atoms with E-state index < -0.39 is 0 Å². The molecule has 1 aliphatic carbocycles. The summed E-state index contributed by atoms with van der Waals surface area (Å²) in [7, 11) is 0. The van der Waals surface area contributed by atoms with Crippen molar-refractivity contribution in [3.05, 3.63) is 88.7 Å². The van der Waals surface area contributed by atoms with Gasteiger partial charge in [-0.05, 0) is 73.6 Å². The van der Waals surface area contributed by atoms with Gasteiger partial charge in [0, 0.05) is 24.6 Å². The summed E-state index contributed by atoms with van der Waals surface area (Å²) in [5.41, 5.74) is 4.02. The quantitative estimate of drug-likeness (QED) is 0.175. The van der Waals surface area contributed by atoms with E-state index in [1.54, 1.807) is 16.8 Å². The number of hydrogen-bond donors (Lipinski definition) is 3. The van der Waals surface area contributed by atoms with Crippen LogP contribution in [0.5, 0.6) is 11.5 Å². The maximum absolute atomic E-state index is 13.5. The number of nitrogens with zero attached hydrogens (tertiary/aromatic N) is 6. The van der Waals surface area contributed by atoms with Crippen LogP contribution in [-0.2, 0) is 5.41 Å². The molecule has 244 valence electrons. The molecule has 4 heterocycles. The van der Waals surface area contributed by atoms with Gasteiger partial charge in [0.25, 0.3) is 0 Å². The Balaban J connectivity index is 1.09. The van der Waals surface area contributed by atoms with E-state index in [1.165, 1.54) is 12.5 Å². The van der Waals surface area contributed by atoms with Gasteiger partial charge in [-0.1, -0.05) is 56.6 Å². The second kappa shape index (κ2) is 12.4. The number of ether oxygens (including phenoxy) is 1. The van der Waals surface area contributed by atoms with Crippen molar-refractivity contribution < 1.29 is 14.6 Å². The van der Waals surface area contributed by atoms with Crippen LogP contribution < -0.4 is 20.3 Å². The number of amides is 2. The highest BCUT2D eigenvalue weighted by Crippen LogP contribution is 2.39. The van der Waals surface area contributed by atoms with Crippen LogP contribution >= 0.6 is 11.6 Å². The molecule has 0 radical (unpaired) electrons. The molecule has 2 atom stereocenters. The van der Waals surface area contributed by atoms with E-state index >= 15 is 0 Å². The number of anilines is 2. The molecule has 1 fully saturated rings. The van der Waals surface area contributed by atoms with E-state index in [1.807, 2.05) is 47.0 Å². The molecule has 12 heteroatoms. The molecule has 0 spiro atoms. The third-order valence-electron chi connectivity index (χ3n) is 8.91. The Morgan fingerprint density at radius 3 is 2.53 bits per heavy atom. The molecule has 0 bridgehead atoms. The van der Waals surface area contributed by atoms with E-state index in [-0.39, 0.29) is 34.4 Å². The van der Waals surface area contributed by atoms with Crippen molar-refractivity contribution >= 4 is 35.0 Å². The average Bonchev–Trinajstić information content (AvgIpc) is 3.68. The molecule has 47 heavy (non-hydrogen) atoms. The number of phenols is 1. The van der Waals surface area contributed by atoms with Crippen LogP contribution in [0.1, 0.15) is 81.8 Å². The minimum atomic E-state index is -0.348. The Morgan fingerprint density at radius 2 is 1.77 bits per heavy atom. The number of nitrogens with one attached hydrogen (secondary N) is 2. The van der Waals surface area contributed by atoms with Crippen LogP contribution in [0.25, 0.3) is 11.3 Å². The molecule has 11 nitrogen and oxygen atoms in total. The Bertz CT molecular complexity index is 1920. The first kappa shape index (κ1) is 30.9. The molecule has 3 N–H and O–H groups in total. The van der Waals surface area contributed by atoms with Gasteiger partial charge in [0.15, 0.2) is 5.65 Å². The Kier molecular flexibility index (Phi) is 8.17. The third-order valence-corrected chi connectivity index (χ3v) is 9.21. The van der Waals surface area contributed by atoms with E-state index in [9.17, 15) is 9.90 Å². The summed E-state index contributed by atoms with van der Waals surface area (Å²) in [4.78, 5) is 15.8. The molecule has 2 aromatic carbocycles. The minimum Gasteiger partial charge on any atom is -0.506 e. The van der Waals surface area contributed by atoms with Crippen molar-refractivity contribution in [2.45, 2.75) is 70.4 Å². The standard InChI is InChI=1S/C35H39ClN8O3/c1-35(2,3)30-20-32(44(41-30)22-11-14-28(45)26(36)19-22)38-33(46)37-27-13-15-29(25-10-6-5-9-24(25)27)47-23-12-16-31-39-40-34(43(31)21-23)42-17-7-4-8-18-42/h5-6,9-12,14,16,19-21,27,29,45H,4,7-8,13,15,17-18H2,1-3H3,(H2,37,38,46)/t27-,29+/m0/s1. The lowest BCUT2D eigenvalue weighted by molar-refractivity contribution is 0.171. The lowest BCUT2D eigenvalue weighted by Crippen LogP contribution is -2.36. The monoisotopic (exact) mass is 654 g/mol. The van der Waals surface area contributed by atoms with Crippen molar-refractivity contribution in [1.82, 2.24) is 29.7 Å². The zero-order valence-corrected chi connectivity index (χ0v) is 27.5. The van der Waals surface area contributed by atoms with E-state index in [4.69, 9.17) is 21.4 Å². The largest absolute Gasteiger partial charge is 0.506 e. The molecule has 3 aromatic heterocycles. The van der Waals surface area contributed by atoms with Gasteiger partial charge in [0.1, 0.15) is 23.4 Å². The Labute approximate surface area is 278 Å². The Hall–Kier alpha value is -4.77. The number of benzene rings is 2. The van der Waals surface area contributed by atoms with Gasteiger partial charge in [-0.3, -0.25) is 9.72 Å². The fraction of sp³-hybridized carbons (Fsp3) is 0.371. The smallest absolute Gasteiger partial charge is 0.320 e. The summed E-state index contributed by atoms with van der Waals surface area (Å²) in [6.45, 7) is 8.14. The van der Waals surface area contributed by atoms with Gasteiger partial charge in [-0.25, -0.2) is 9.48 Å². The predicted molar refractivity (Wildman–Crippen MR) is 182 cm³/mol. The molecule has 1 aliphatic heterocycles. The SMILES string of the molecule is CC(C)(C)c1cc(NC(=O)N[C@H]2CC[C@@H](Oc3ccc4nnc(N5CCCCC5)n4c3)c3ccccc32)n(-c2ccc(O)c(Cl)c2)n1. The van der Waals surface area contributed by atoms with Crippen molar-refractivity contribution in [2.75, 3.05) is 23.3 Å². The number of phenolic OH excluding ortho intramolecular Hbond substituents is 1. The molecule has 1 saturated heterocycles. The molecule has 0 unspecified atom stereocenters. The first-order valence-corrected chi connectivity index (χ1v) is 16.5. The molecule has 7 rings (SSSR count). The molecule has 2 amide bonds. The van der Waals surface area contributed by atoms with Gasteiger partial charge in [0.05, 0.1) is 28.6 Å². The number of carbonyl (C=O) groups is 1. The summed E-state index contributed by atoms with van der Waals surface area (Å²) in [6.07, 6.45) is 6.80. The number of halogens is 1. The van der Waals surface area contributed by atoms with E-state index in [2.05, 4.69) is 52.6 Å². The highest BCUT2D eigenvalue weighted by Gasteiger charge is 2.30. The minimum absolute atomic E-state index is 0.0226. The third kappa shape index (κ3) is 6.32. The first-order valence-electron chi connectivity index (χ1n) is 16.2. The van der Waals surface area contributed by atoms with Crippen molar-refractivity contribution in [1.29, 1.82) is 0 Å². The summed E-state index contributed by atoms with van der Waals surface area (Å²) in [6, 6.07) is 18.1. The number of aromatic nitrogens is 5. The number of piperidine rings is 1. The fourth-order valence-electron chi connectivity index (χ4n) is 6.40. The molecule has 0 saturated carbocycles. The zero-order chi connectivity index (χ0) is 32.7. The topological polar surface area (TPSA) is 122 Å². The van der Waals surface area contributed by atoms with Crippen LogP contribution in [0.15, 0.2) is 66.9 Å². The van der Waals surface area contributed by atoms with E-state index in [0.717, 1.165) is 66.5 Å². The van der Waals surface area contributed by atoms with Crippen molar-refractivity contribution in [3.63, 3.8) is 0 Å². The van der Waals surface area contributed by atoms with Gasteiger partial charge in [0.2, 0.25) is 5.95 Å². The van der Waals surface area contributed by atoms with Crippen LogP contribution in [0.2, 0.25) is 5.02 Å². The number of hydrogen-bond acceptors (Lipinski definition) is 7.